The Hall–Kier alpha value is -1.15. The molecule has 2 rings (SSSR count). The smallest absolute Gasteiger partial charge is 0.194 e. The topological polar surface area (TPSA) is 26.3 Å². The number of carbonyl (C=O) groups is 1. The van der Waals surface area contributed by atoms with E-state index in [1.807, 2.05) is 26.8 Å². The van der Waals surface area contributed by atoms with E-state index in [9.17, 15) is 4.79 Å². The predicted octanol–water partition coefficient (Wildman–Crippen LogP) is 3.36. The van der Waals surface area contributed by atoms with Gasteiger partial charge in [0.1, 0.15) is 5.60 Å². The van der Waals surface area contributed by atoms with Gasteiger partial charge in [-0.3, -0.25) is 4.79 Å². The molecule has 0 amide bonds. The average molecular weight is 232 g/mol. The van der Waals surface area contributed by atoms with E-state index < -0.39 is 5.60 Å². The molecule has 2 nitrogen and oxygen atoms in total. The Morgan fingerprint density at radius 2 is 1.82 bits per heavy atom. The minimum Gasteiger partial charge on any atom is -0.367 e. The fourth-order valence-electron chi connectivity index (χ4n) is 2.45. The minimum atomic E-state index is -0.605. The van der Waals surface area contributed by atoms with Crippen LogP contribution in [0.15, 0.2) is 12.1 Å². The number of hydrogen-bond donors (Lipinski definition) is 0. The van der Waals surface area contributed by atoms with Crippen LogP contribution in [0.4, 0.5) is 0 Å². The molecule has 2 heteroatoms. The van der Waals surface area contributed by atoms with Crippen LogP contribution in [0.2, 0.25) is 0 Å². The van der Waals surface area contributed by atoms with Crippen LogP contribution in [0.25, 0.3) is 0 Å². The summed E-state index contributed by atoms with van der Waals surface area (Å²) in [4.78, 5) is 12.5. The highest BCUT2D eigenvalue weighted by Gasteiger charge is 2.38. The van der Waals surface area contributed by atoms with Gasteiger partial charge in [0.05, 0.1) is 0 Å². The Kier molecular flexibility index (Phi) is 3.09. The maximum Gasteiger partial charge on any atom is 0.194 e. The predicted molar refractivity (Wildman–Crippen MR) is 68.6 cm³/mol. The van der Waals surface area contributed by atoms with Gasteiger partial charge in [0.25, 0.3) is 0 Å². The van der Waals surface area contributed by atoms with Crippen molar-refractivity contribution in [2.24, 2.45) is 0 Å². The van der Waals surface area contributed by atoms with Crippen molar-refractivity contribution in [3.05, 3.63) is 34.4 Å². The average Bonchev–Trinajstić information content (AvgIpc) is 2.71. The number of ketones is 1. The molecule has 1 aliphatic heterocycles. The molecular weight excluding hydrogens is 212 g/mol. The van der Waals surface area contributed by atoms with Gasteiger partial charge in [-0.05, 0) is 63.3 Å². The molecule has 1 unspecified atom stereocenters. The molecule has 0 bridgehead atoms. The molecule has 17 heavy (non-hydrogen) atoms. The van der Waals surface area contributed by atoms with Crippen LogP contribution in [0.3, 0.4) is 0 Å². The molecular formula is C15H20O2. The largest absolute Gasteiger partial charge is 0.367 e. The third-order valence-electron chi connectivity index (χ3n) is 3.78. The number of Topliss-reactive ketones (excluding diaryl/α,β-unsaturated/α-hetero) is 1. The summed E-state index contributed by atoms with van der Waals surface area (Å²) in [7, 11) is 0. The zero-order valence-electron chi connectivity index (χ0n) is 11.1. The van der Waals surface area contributed by atoms with Crippen LogP contribution in [-0.4, -0.2) is 18.0 Å². The van der Waals surface area contributed by atoms with Crippen molar-refractivity contribution in [1.82, 2.24) is 0 Å². The van der Waals surface area contributed by atoms with Gasteiger partial charge in [-0.1, -0.05) is 6.07 Å². The quantitative estimate of drug-likeness (QED) is 0.731. The standard InChI is InChI=1S/C15H20O2/c1-10-8-12(3)13(9-11(10)2)14(16)15(4)6-5-7-17-15/h8-9H,5-7H2,1-4H3. The fourth-order valence-corrected chi connectivity index (χ4v) is 2.45. The molecule has 0 saturated carbocycles. The van der Waals surface area contributed by atoms with Crippen LogP contribution >= 0.6 is 0 Å². The van der Waals surface area contributed by atoms with Crippen molar-refractivity contribution in [2.45, 2.75) is 46.1 Å². The monoisotopic (exact) mass is 232 g/mol. The summed E-state index contributed by atoms with van der Waals surface area (Å²) >= 11 is 0. The van der Waals surface area contributed by atoms with Gasteiger partial charge in [-0.15, -0.1) is 0 Å². The number of rotatable bonds is 2. The Balaban J connectivity index is 2.40. The molecule has 1 atom stereocenters. The molecule has 92 valence electrons. The third kappa shape index (κ3) is 2.14. The fraction of sp³-hybridized carbons (Fsp3) is 0.533. The highest BCUT2D eigenvalue weighted by atomic mass is 16.5. The lowest BCUT2D eigenvalue weighted by Gasteiger charge is -2.23. The Bertz CT molecular complexity index is 454. The number of aryl methyl sites for hydroxylation is 3. The summed E-state index contributed by atoms with van der Waals surface area (Å²) in [6.45, 7) is 8.73. The number of hydrogen-bond acceptors (Lipinski definition) is 2. The van der Waals surface area contributed by atoms with E-state index in [2.05, 4.69) is 13.0 Å². The van der Waals surface area contributed by atoms with E-state index in [0.29, 0.717) is 6.61 Å². The highest BCUT2D eigenvalue weighted by Crippen LogP contribution is 2.30. The first-order chi connectivity index (χ1) is 7.94. The van der Waals surface area contributed by atoms with Gasteiger partial charge in [-0.25, -0.2) is 0 Å². The second-order valence-corrected chi connectivity index (χ2v) is 5.26. The van der Waals surface area contributed by atoms with Crippen molar-refractivity contribution in [1.29, 1.82) is 0 Å². The second-order valence-electron chi connectivity index (χ2n) is 5.26. The summed E-state index contributed by atoms with van der Waals surface area (Å²) in [5.41, 5.74) is 3.66. The Morgan fingerprint density at radius 3 is 2.41 bits per heavy atom. The Morgan fingerprint density at radius 1 is 1.18 bits per heavy atom. The summed E-state index contributed by atoms with van der Waals surface area (Å²) < 4.78 is 5.63. The van der Waals surface area contributed by atoms with E-state index in [4.69, 9.17) is 4.74 Å². The van der Waals surface area contributed by atoms with Crippen LogP contribution in [0.5, 0.6) is 0 Å². The van der Waals surface area contributed by atoms with Crippen LogP contribution in [0.1, 0.15) is 46.8 Å². The van der Waals surface area contributed by atoms with Gasteiger partial charge in [0.15, 0.2) is 5.78 Å². The van der Waals surface area contributed by atoms with Crippen LogP contribution in [0, 0.1) is 20.8 Å². The van der Waals surface area contributed by atoms with Crippen LogP contribution < -0.4 is 0 Å². The maximum atomic E-state index is 12.5. The van der Waals surface area contributed by atoms with Gasteiger partial charge in [-0.2, -0.15) is 0 Å². The third-order valence-corrected chi connectivity index (χ3v) is 3.78. The summed E-state index contributed by atoms with van der Waals surface area (Å²) in [6.07, 6.45) is 1.81. The molecule has 0 aliphatic carbocycles. The molecule has 0 spiro atoms. The lowest BCUT2D eigenvalue weighted by molar-refractivity contribution is 0.0213. The molecule has 0 N–H and O–H groups in total. The first kappa shape index (κ1) is 12.3. The number of carbonyl (C=O) groups excluding carboxylic acids is 1. The molecule has 1 heterocycles. The van der Waals surface area contributed by atoms with Crippen molar-refractivity contribution in [3.63, 3.8) is 0 Å². The van der Waals surface area contributed by atoms with Crippen molar-refractivity contribution < 1.29 is 9.53 Å². The lowest BCUT2D eigenvalue weighted by atomic mass is 9.88. The zero-order chi connectivity index (χ0) is 12.6. The minimum absolute atomic E-state index is 0.135. The maximum absolute atomic E-state index is 12.5. The molecule has 1 aromatic carbocycles. The van der Waals surface area contributed by atoms with Gasteiger partial charge in [0.2, 0.25) is 0 Å². The van der Waals surface area contributed by atoms with Gasteiger partial charge < -0.3 is 4.74 Å². The highest BCUT2D eigenvalue weighted by molar-refractivity contribution is 6.03. The molecule has 1 aromatic rings. The summed E-state index contributed by atoms with van der Waals surface area (Å²) in [5.74, 6) is 0.135. The van der Waals surface area contributed by atoms with Gasteiger partial charge in [0, 0.05) is 12.2 Å². The molecule has 0 radical (unpaired) electrons. The van der Waals surface area contributed by atoms with Crippen molar-refractivity contribution >= 4 is 5.78 Å². The SMILES string of the molecule is Cc1cc(C)c(C(=O)C2(C)CCCO2)cc1C. The van der Waals surface area contributed by atoms with Gasteiger partial charge >= 0.3 is 0 Å². The van der Waals surface area contributed by atoms with E-state index in [1.54, 1.807) is 0 Å². The number of benzene rings is 1. The van der Waals surface area contributed by atoms with Crippen molar-refractivity contribution in [2.75, 3.05) is 6.61 Å². The first-order valence-corrected chi connectivity index (χ1v) is 6.21. The zero-order valence-corrected chi connectivity index (χ0v) is 11.1. The van der Waals surface area contributed by atoms with Crippen molar-refractivity contribution in [3.8, 4) is 0 Å². The molecule has 0 aromatic heterocycles. The van der Waals surface area contributed by atoms with E-state index >= 15 is 0 Å². The second kappa shape index (κ2) is 4.26. The van der Waals surface area contributed by atoms with E-state index in [1.165, 1.54) is 11.1 Å². The first-order valence-electron chi connectivity index (χ1n) is 6.21. The number of ether oxygens (including phenoxy) is 1. The summed E-state index contributed by atoms with van der Waals surface area (Å²) in [6, 6.07) is 4.08. The van der Waals surface area contributed by atoms with Crippen LogP contribution in [-0.2, 0) is 4.74 Å². The lowest BCUT2D eigenvalue weighted by Crippen LogP contribution is -2.34. The summed E-state index contributed by atoms with van der Waals surface area (Å²) in [5, 5.41) is 0. The normalized spacial score (nSPS) is 24.0. The van der Waals surface area contributed by atoms with E-state index in [0.717, 1.165) is 24.0 Å². The van der Waals surface area contributed by atoms with E-state index in [-0.39, 0.29) is 5.78 Å². The Labute approximate surface area is 103 Å². The molecule has 1 saturated heterocycles. The molecule has 1 aliphatic rings. The molecule has 1 fully saturated rings.